The summed E-state index contributed by atoms with van der Waals surface area (Å²) < 4.78 is 28.9. The number of aromatic nitrogens is 1. The summed E-state index contributed by atoms with van der Waals surface area (Å²) in [5.41, 5.74) is 0. The highest BCUT2D eigenvalue weighted by Crippen LogP contribution is 2.22. The van der Waals surface area contributed by atoms with Crippen molar-refractivity contribution in [2.45, 2.75) is 9.79 Å². The molecule has 0 amide bonds. The smallest absolute Gasteiger partial charge is 0.241 e. The third kappa shape index (κ3) is 7.71. The van der Waals surface area contributed by atoms with E-state index in [0.717, 1.165) is 22.2 Å². The number of sulfonamides is 1. The average Bonchev–Trinajstić information content (AvgIpc) is 2.68. The maximum absolute atomic E-state index is 12.6. The molecule has 0 aliphatic carbocycles. The first-order valence-electron chi connectivity index (χ1n) is 8.48. The maximum Gasteiger partial charge on any atom is 0.241 e. The van der Waals surface area contributed by atoms with Gasteiger partial charge < -0.3 is 5.32 Å². The molecule has 3 aromatic rings. The number of nitrogens with one attached hydrogen (secondary N) is 2. The first-order valence-corrected chi connectivity index (χ1v) is 11.7. The van der Waals surface area contributed by atoms with Crippen LogP contribution in [0.25, 0.3) is 10.8 Å². The van der Waals surface area contributed by atoms with Crippen LogP contribution in [0.1, 0.15) is 0 Å². The molecule has 2 aromatic carbocycles. The molecule has 0 spiro atoms. The van der Waals surface area contributed by atoms with Crippen molar-refractivity contribution in [3.05, 3.63) is 65.4 Å². The molecule has 0 radical (unpaired) electrons. The first kappa shape index (κ1) is 26.2. The molecular weight excluding hydrogens is 517 g/mol. The Hall–Kier alpha value is -0.870. The van der Waals surface area contributed by atoms with Crippen LogP contribution in [0.15, 0.2) is 75.2 Å². The van der Waals surface area contributed by atoms with E-state index in [2.05, 4.69) is 43.1 Å². The summed E-state index contributed by atoms with van der Waals surface area (Å²) in [4.78, 5) is 5.54. The van der Waals surface area contributed by atoms with Gasteiger partial charge in [-0.2, -0.15) is 0 Å². The second-order valence-corrected chi connectivity index (χ2v) is 9.62. The van der Waals surface area contributed by atoms with Crippen LogP contribution < -0.4 is 10.0 Å². The normalized spacial score (nSPS) is 10.9. The van der Waals surface area contributed by atoms with Crippen LogP contribution in [0.5, 0.6) is 0 Å². The van der Waals surface area contributed by atoms with E-state index in [1.165, 1.54) is 4.90 Å². The highest BCUT2D eigenvalue weighted by atomic mass is 79.9. The van der Waals surface area contributed by atoms with Crippen molar-refractivity contribution in [2.75, 3.05) is 25.4 Å². The van der Waals surface area contributed by atoms with E-state index in [0.29, 0.717) is 18.5 Å². The molecule has 0 atom stereocenters. The Morgan fingerprint density at radius 2 is 1.72 bits per heavy atom. The zero-order valence-corrected chi connectivity index (χ0v) is 20.2. The summed E-state index contributed by atoms with van der Waals surface area (Å²) in [5.74, 6) is 0.921. The SMILES string of the molecule is Cl.Cl.O=S(=O)(NCCNCCSc1ccc(Br)cc1)c1cccc2cnccc12. The van der Waals surface area contributed by atoms with Crippen molar-refractivity contribution in [1.82, 2.24) is 15.0 Å². The van der Waals surface area contributed by atoms with Gasteiger partial charge in [0.2, 0.25) is 10.0 Å². The highest BCUT2D eigenvalue weighted by Gasteiger charge is 2.16. The number of fused-ring (bicyclic) bond motifs is 1. The highest BCUT2D eigenvalue weighted by molar-refractivity contribution is 9.10. The Bertz CT molecular complexity index is 1000. The average molecular weight is 539 g/mol. The summed E-state index contributed by atoms with van der Waals surface area (Å²) in [6, 6.07) is 15.1. The summed E-state index contributed by atoms with van der Waals surface area (Å²) in [6.45, 7) is 1.72. The van der Waals surface area contributed by atoms with E-state index >= 15 is 0 Å². The summed E-state index contributed by atoms with van der Waals surface area (Å²) in [6.07, 6.45) is 3.27. The molecule has 0 fully saturated rings. The molecule has 29 heavy (non-hydrogen) atoms. The Morgan fingerprint density at radius 3 is 2.48 bits per heavy atom. The lowest BCUT2D eigenvalue weighted by Gasteiger charge is -2.10. The predicted octanol–water partition coefficient (Wildman–Crippen LogP) is 4.50. The van der Waals surface area contributed by atoms with Gasteiger partial charge in [-0.3, -0.25) is 4.98 Å². The van der Waals surface area contributed by atoms with Gasteiger partial charge in [0.15, 0.2) is 0 Å². The minimum atomic E-state index is -3.55. The van der Waals surface area contributed by atoms with Gasteiger partial charge in [-0.1, -0.05) is 28.1 Å². The number of rotatable bonds is 9. The first-order chi connectivity index (χ1) is 13.1. The Balaban J connectivity index is 0.00000210. The van der Waals surface area contributed by atoms with Crippen LogP contribution in [0.2, 0.25) is 0 Å². The van der Waals surface area contributed by atoms with Gasteiger partial charge in [0, 0.05) is 57.9 Å². The van der Waals surface area contributed by atoms with E-state index in [1.54, 1.807) is 42.4 Å². The maximum atomic E-state index is 12.6. The molecule has 0 bridgehead atoms. The van der Waals surface area contributed by atoms with E-state index in [4.69, 9.17) is 0 Å². The number of pyridine rings is 1. The van der Waals surface area contributed by atoms with Crippen molar-refractivity contribution >= 4 is 73.3 Å². The van der Waals surface area contributed by atoms with Crippen molar-refractivity contribution in [3.63, 3.8) is 0 Å². The van der Waals surface area contributed by atoms with Gasteiger partial charge in [0.25, 0.3) is 0 Å². The molecule has 0 saturated carbocycles. The van der Waals surface area contributed by atoms with Gasteiger partial charge in [0.05, 0.1) is 4.90 Å². The van der Waals surface area contributed by atoms with E-state index < -0.39 is 10.0 Å². The lowest BCUT2D eigenvalue weighted by Crippen LogP contribution is -2.32. The van der Waals surface area contributed by atoms with Crippen LogP contribution in [0.3, 0.4) is 0 Å². The van der Waals surface area contributed by atoms with Crippen molar-refractivity contribution in [3.8, 4) is 0 Å². The van der Waals surface area contributed by atoms with Crippen molar-refractivity contribution in [2.24, 2.45) is 0 Å². The third-order valence-electron chi connectivity index (χ3n) is 3.89. The predicted molar refractivity (Wildman–Crippen MR) is 129 cm³/mol. The molecular formula is C19H22BrCl2N3O2S2. The fourth-order valence-electron chi connectivity index (χ4n) is 2.58. The monoisotopic (exact) mass is 537 g/mol. The van der Waals surface area contributed by atoms with Crippen molar-refractivity contribution < 1.29 is 8.42 Å². The fourth-order valence-corrected chi connectivity index (χ4v) is 4.91. The van der Waals surface area contributed by atoms with Crippen LogP contribution in [-0.4, -0.2) is 38.8 Å². The standard InChI is InChI=1S/C19H20BrN3O2S2.2ClH/c20-16-4-6-17(7-5-16)26-13-12-21-10-11-23-27(24,25)19-3-1-2-15-14-22-9-8-18(15)19;;/h1-9,14,21,23H,10-13H2;2*1H. The molecule has 1 heterocycles. The summed E-state index contributed by atoms with van der Waals surface area (Å²) in [7, 11) is -3.55. The van der Waals surface area contributed by atoms with Gasteiger partial charge in [-0.25, -0.2) is 13.1 Å². The number of halogens is 3. The lowest BCUT2D eigenvalue weighted by molar-refractivity contribution is 0.578. The van der Waals surface area contributed by atoms with E-state index in [-0.39, 0.29) is 29.7 Å². The third-order valence-corrected chi connectivity index (χ3v) is 6.95. The topological polar surface area (TPSA) is 71.1 Å². The number of hydrogen-bond acceptors (Lipinski definition) is 5. The van der Waals surface area contributed by atoms with Crippen LogP contribution >= 0.6 is 52.5 Å². The molecule has 0 saturated heterocycles. The molecule has 0 unspecified atom stereocenters. The molecule has 5 nitrogen and oxygen atoms in total. The number of benzene rings is 2. The Kier molecular flexibility index (Phi) is 11.5. The van der Waals surface area contributed by atoms with Gasteiger partial charge in [-0.05, 0) is 36.4 Å². The van der Waals surface area contributed by atoms with Crippen molar-refractivity contribution in [1.29, 1.82) is 0 Å². The summed E-state index contributed by atoms with van der Waals surface area (Å²) >= 11 is 5.18. The zero-order chi connectivity index (χ0) is 19.1. The molecule has 0 aliphatic heterocycles. The van der Waals surface area contributed by atoms with Gasteiger partial charge in [0.1, 0.15) is 0 Å². The number of hydrogen-bond donors (Lipinski definition) is 2. The molecule has 3 rings (SSSR count). The number of nitrogens with zero attached hydrogens (tertiary/aromatic N) is 1. The van der Waals surface area contributed by atoms with Crippen LogP contribution in [0, 0.1) is 0 Å². The Morgan fingerprint density at radius 1 is 0.966 bits per heavy atom. The van der Waals surface area contributed by atoms with E-state index in [1.807, 2.05) is 18.2 Å². The minimum absolute atomic E-state index is 0. The van der Waals surface area contributed by atoms with Gasteiger partial charge in [-0.15, -0.1) is 36.6 Å². The van der Waals surface area contributed by atoms with Crippen LogP contribution in [0.4, 0.5) is 0 Å². The largest absolute Gasteiger partial charge is 0.315 e. The molecule has 1 aromatic heterocycles. The molecule has 0 aliphatic rings. The lowest BCUT2D eigenvalue weighted by atomic mass is 10.2. The molecule has 158 valence electrons. The Labute approximate surface area is 196 Å². The summed E-state index contributed by atoms with van der Waals surface area (Å²) in [5, 5.41) is 4.75. The molecule has 2 N–H and O–H groups in total. The quantitative estimate of drug-likeness (QED) is 0.310. The number of thioether (sulfide) groups is 1. The van der Waals surface area contributed by atoms with E-state index in [9.17, 15) is 8.42 Å². The van der Waals surface area contributed by atoms with Gasteiger partial charge >= 0.3 is 0 Å². The van der Waals surface area contributed by atoms with Crippen LogP contribution in [-0.2, 0) is 10.0 Å². The fraction of sp³-hybridized carbons (Fsp3) is 0.211. The molecule has 10 heteroatoms. The minimum Gasteiger partial charge on any atom is -0.315 e. The second-order valence-electron chi connectivity index (χ2n) is 5.80. The second kappa shape index (κ2) is 12.7. The zero-order valence-electron chi connectivity index (χ0n) is 15.4.